The number of piperidine rings is 1. The number of aromatic nitrogens is 2. The van der Waals surface area contributed by atoms with Crippen molar-refractivity contribution in [1.29, 1.82) is 0 Å². The first kappa shape index (κ1) is 27.4. The second-order valence-corrected chi connectivity index (χ2v) is 11.6. The van der Waals surface area contributed by atoms with Crippen molar-refractivity contribution in [3.05, 3.63) is 90.3 Å². The lowest BCUT2D eigenvalue weighted by Gasteiger charge is -2.33. The number of carbonyl (C=O) groups excluding carboxylic acids is 2. The van der Waals surface area contributed by atoms with Crippen molar-refractivity contribution in [3.8, 4) is 11.1 Å². The molecule has 5 rings (SSSR count). The Morgan fingerprint density at radius 1 is 1.00 bits per heavy atom. The van der Waals surface area contributed by atoms with Crippen LogP contribution in [0.3, 0.4) is 0 Å². The number of ether oxygens (including phenoxy) is 1. The van der Waals surface area contributed by atoms with Gasteiger partial charge < -0.3 is 19.9 Å². The summed E-state index contributed by atoms with van der Waals surface area (Å²) in [6, 6.07) is 26.1. The van der Waals surface area contributed by atoms with Crippen LogP contribution in [-0.2, 0) is 16.0 Å². The molecule has 1 saturated heterocycles. The molecule has 0 saturated carbocycles. The zero-order valence-corrected chi connectivity index (χ0v) is 23.5. The van der Waals surface area contributed by atoms with Crippen molar-refractivity contribution < 1.29 is 14.3 Å². The fraction of sp³-hybridized carbons (Fsp3) is 0.364. The minimum absolute atomic E-state index is 0.0303. The molecule has 1 fully saturated rings. The van der Waals surface area contributed by atoms with E-state index in [2.05, 4.69) is 46.7 Å². The van der Waals surface area contributed by atoms with Crippen molar-refractivity contribution in [3.63, 3.8) is 0 Å². The molecule has 0 spiro atoms. The molecule has 1 aliphatic heterocycles. The number of hydrogen-bond acceptors (Lipinski definition) is 4. The highest BCUT2D eigenvalue weighted by Crippen LogP contribution is 2.27. The van der Waals surface area contributed by atoms with Crippen LogP contribution in [0.2, 0.25) is 0 Å². The number of fused-ring (bicyclic) bond motifs is 1. The van der Waals surface area contributed by atoms with Crippen molar-refractivity contribution in [2.24, 2.45) is 0 Å². The molecule has 4 aromatic rings. The maximum atomic E-state index is 13.6. The zero-order valence-electron chi connectivity index (χ0n) is 23.5. The van der Waals surface area contributed by atoms with Gasteiger partial charge in [0.25, 0.3) is 0 Å². The summed E-state index contributed by atoms with van der Waals surface area (Å²) in [5, 5.41) is 2.97. The number of H-pyrrole nitrogens is 1. The molecular weight excluding hydrogens is 500 g/mol. The van der Waals surface area contributed by atoms with Crippen LogP contribution in [0.1, 0.15) is 57.3 Å². The normalized spacial score (nSPS) is 16.5. The van der Waals surface area contributed by atoms with E-state index in [1.54, 1.807) is 0 Å². The molecule has 1 aromatic heterocycles. The third kappa shape index (κ3) is 7.08. The fourth-order valence-electron chi connectivity index (χ4n) is 5.33. The molecule has 2 amide bonds. The topological polar surface area (TPSA) is 87.3 Å². The number of benzene rings is 3. The number of aromatic amines is 1. The van der Waals surface area contributed by atoms with Gasteiger partial charge in [-0.05, 0) is 68.9 Å². The minimum atomic E-state index is -0.622. The van der Waals surface area contributed by atoms with Crippen LogP contribution in [0.25, 0.3) is 22.2 Å². The molecule has 7 nitrogen and oxygen atoms in total. The number of para-hydroxylation sites is 2. The second-order valence-electron chi connectivity index (χ2n) is 11.6. The van der Waals surface area contributed by atoms with Crippen molar-refractivity contribution in [2.45, 2.75) is 64.0 Å². The SMILES string of the molecule is CC(C)(C)OC(=O)N[C@@H](CC(=O)N1CCC[C@@H](c2nc3ccccc3[nH]2)C1)Cc1ccc(-c2ccccc2)cc1. The molecule has 2 heterocycles. The Hall–Kier alpha value is -4.13. The summed E-state index contributed by atoms with van der Waals surface area (Å²) in [5.41, 5.74) is 4.66. The molecule has 0 aliphatic carbocycles. The van der Waals surface area contributed by atoms with Gasteiger partial charge in [0.05, 0.1) is 11.0 Å². The number of rotatable bonds is 7. The number of amides is 2. The van der Waals surface area contributed by atoms with Crippen LogP contribution in [0, 0.1) is 0 Å². The number of hydrogen-bond donors (Lipinski definition) is 2. The number of nitrogens with zero attached hydrogens (tertiary/aromatic N) is 2. The van der Waals surface area contributed by atoms with E-state index in [4.69, 9.17) is 9.72 Å². The fourth-order valence-corrected chi connectivity index (χ4v) is 5.33. The monoisotopic (exact) mass is 538 g/mol. The standard InChI is InChI=1S/C33H38N4O3/c1-33(2,3)40-32(39)34-27(20-23-15-17-25(18-16-23)24-10-5-4-6-11-24)21-30(38)37-19-9-12-26(22-37)31-35-28-13-7-8-14-29(28)36-31/h4-8,10-11,13-18,26-27H,9,12,19-22H2,1-3H3,(H,34,39)(H,35,36)/t26-,27-/m1/s1. The van der Waals surface area contributed by atoms with Gasteiger partial charge in [-0.15, -0.1) is 0 Å². The quantitative estimate of drug-likeness (QED) is 0.283. The Morgan fingerprint density at radius 3 is 2.42 bits per heavy atom. The minimum Gasteiger partial charge on any atom is -0.444 e. The summed E-state index contributed by atoms with van der Waals surface area (Å²) in [6.45, 7) is 6.83. The average Bonchev–Trinajstić information content (AvgIpc) is 3.37. The van der Waals surface area contributed by atoms with Crippen molar-refractivity contribution in [1.82, 2.24) is 20.2 Å². The number of imidazole rings is 1. The third-order valence-corrected chi connectivity index (χ3v) is 7.25. The lowest BCUT2D eigenvalue weighted by Crippen LogP contribution is -2.45. The molecule has 3 aromatic carbocycles. The van der Waals surface area contributed by atoms with E-state index in [0.29, 0.717) is 19.5 Å². The van der Waals surface area contributed by atoms with E-state index < -0.39 is 17.7 Å². The highest BCUT2D eigenvalue weighted by Gasteiger charge is 2.29. The highest BCUT2D eigenvalue weighted by atomic mass is 16.6. The van der Waals surface area contributed by atoms with E-state index in [1.807, 2.05) is 68.1 Å². The number of carbonyl (C=O) groups is 2. The summed E-state index contributed by atoms with van der Waals surface area (Å²) in [6.07, 6.45) is 2.12. The largest absolute Gasteiger partial charge is 0.444 e. The third-order valence-electron chi connectivity index (χ3n) is 7.25. The van der Waals surface area contributed by atoms with Gasteiger partial charge in [0.2, 0.25) is 5.91 Å². The predicted octanol–water partition coefficient (Wildman–Crippen LogP) is 6.46. The van der Waals surface area contributed by atoms with Gasteiger partial charge in [-0.25, -0.2) is 9.78 Å². The smallest absolute Gasteiger partial charge is 0.407 e. The Morgan fingerprint density at radius 2 is 1.70 bits per heavy atom. The van der Waals surface area contributed by atoms with Crippen LogP contribution in [0.4, 0.5) is 4.79 Å². The van der Waals surface area contributed by atoms with E-state index in [0.717, 1.165) is 46.4 Å². The van der Waals surface area contributed by atoms with Gasteiger partial charge >= 0.3 is 6.09 Å². The summed E-state index contributed by atoms with van der Waals surface area (Å²) < 4.78 is 5.53. The molecule has 1 aliphatic rings. The summed E-state index contributed by atoms with van der Waals surface area (Å²) >= 11 is 0. The molecular formula is C33H38N4O3. The molecule has 0 unspecified atom stereocenters. The Kier molecular flexibility index (Phi) is 8.19. The number of alkyl carbamates (subject to hydrolysis) is 1. The van der Waals surface area contributed by atoms with Crippen LogP contribution >= 0.6 is 0 Å². The molecule has 0 radical (unpaired) electrons. The lowest BCUT2D eigenvalue weighted by atomic mass is 9.95. The van der Waals surface area contributed by atoms with Crippen molar-refractivity contribution >= 4 is 23.0 Å². The van der Waals surface area contributed by atoms with Gasteiger partial charge in [-0.3, -0.25) is 4.79 Å². The molecule has 7 heteroatoms. The molecule has 2 N–H and O–H groups in total. The first-order valence-electron chi connectivity index (χ1n) is 14.1. The summed E-state index contributed by atoms with van der Waals surface area (Å²) in [4.78, 5) is 36.4. The predicted molar refractivity (Wildman–Crippen MR) is 158 cm³/mol. The van der Waals surface area contributed by atoms with Crippen molar-refractivity contribution in [2.75, 3.05) is 13.1 Å². The van der Waals surface area contributed by atoms with Gasteiger partial charge in [-0.1, -0.05) is 66.7 Å². The van der Waals surface area contributed by atoms with E-state index in [1.165, 1.54) is 0 Å². The highest BCUT2D eigenvalue weighted by molar-refractivity contribution is 5.78. The van der Waals surface area contributed by atoms with Crippen LogP contribution in [-0.4, -0.2) is 51.6 Å². The summed E-state index contributed by atoms with van der Waals surface area (Å²) in [5.74, 6) is 1.12. The molecule has 2 atom stereocenters. The average molecular weight is 539 g/mol. The zero-order chi connectivity index (χ0) is 28.1. The van der Waals surface area contributed by atoms with E-state index in [-0.39, 0.29) is 18.2 Å². The van der Waals surface area contributed by atoms with Crippen LogP contribution < -0.4 is 5.32 Å². The summed E-state index contributed by atoms with van der Waals surface area (Å²) in [7, 11) is 0. The van der Waals surface area contributed by atoms with Gasteiger partial charge in [0.15, 0.2) is 0 Å². The van der Waals surface area contributed by atoms with E-state index in [9.17, 15) is 9.59 Å². The first-order valence-corrected chi connectivity index (χ1v) is 14.1. The second kappa shape index (κ2) is 11.9. The van der Waals surface area contributed by atoms with Gasteiger partial charge in [-0.2, -0.15) is 0 Å². The Balaban J connectivity index is 1.27. The van der Waals surface area contributed by atoms with Crippen LogP contribution in [0.15, 0.2) is 78.9 Å². The van der Waals surface area contributed by atoms with E-state index >= 15 is 0 Å². The molecule has 40 heavy (non-hydrogen) atoms. The number of nitrogens with one attached hydrogen (secondary N) is 2. The van der Waals surface area contributed by atoms with Gasteiger partial charge in [0.1, 0.15) is 11.4 Å². The number of likely N-dealkylation sites (tertiary alicyclic amines) is 1. The lowest BCUT2D eigenvalue weighted by molar-refractivity contribution is -0.132. The van der Waals surface area contributed by atoms with Crippen LogP contribution in [0.5, 0.6) is 0 Å². The Labute approximate surface area is 236 Å². The molecule has 0 bridgehead atoms. The first-order chi connectivity index (χ1) is 19.2. The Bertz CT molecular complexity index is 1410. The van der Waals surface area contributed by atoms with Gasteiger partial charge in [0, 0.05) is 31.5 Å². The molecule has 208 valence electrons. The maximum absolute atomic E-state index is 13.6. The maximum Gasteiger partial charge on any atom is 0.407 e.